The normalized spacial score (nSPS) is 11.0. The molecule has 0 unspecified atom stereocenters. The second kappa shape index (κ2) is 5.59. The highest BCUT2D eigenvalue weighted by Crippen LogP contribution is 2.13. The molecule has 1 N–H and O–H groups in total. The van der Waals surface area contributed by atoms with E-state index in [2.05, 4.69) is 15.4 Å². The van der Waals surface area contributed by atoms with E-state index >= 15 is 0 Å². The molecule has 3 rings (SSSR count). The second-order valence-electron chi connectivity index (χ2n) is 5.14. The van der Waals surface area contributed by atoms with Crippen LogP contribution < -0.4 is 5.32 Å². The van der Waals surface area contributed by atoms with Crippen LogP contribution in [0.25, 0.3) is 5.65 Å². The molecule has 0 aliphatic heterocycles. The van der Waals surface area contributed by atoms with Gasteiger partial charge in [0.25, 0.3) is 5.91 Å². The Labute approximate surface area is 126 Å². The molecule has 0 aliphatic rings. The topological polar surface area (TPSA) is 64.2 Å². The Morgan fingerprint density at radius 3 is 2.91 bits per heavy atom. The fraction of sp³-hybridized carbons (Fsp3) is 0.267. The van der Waals surface area contributed by atoms with Gasteiger partial charge >= 0.3 is 0 Å². The third-order valence-corrected chi connectivity index (χ3v) is 3.46. The van der Waals surface area contributed by atoms with Gasteiger partial charge in [0.05, 0.1) is 6.20 Å². The number of imidazole rings is 1. The standard InChI is InChI=1S/C15H16FN5O/c1-10-4-3-5-12-19-13(14(16)21(10)12)15(22)17-7-6-11-8-18-20(2)9-11/h3-5,8-9H,6-7H2,1-2H3,(H,17,22). The van der Waals surface area contributed by atoms with Gasteiger partial charge in [-0.25, -0.2) is 4.98 Å². The van der Waals surface area contributed by atoms with Crippen molar-refractivity contribution >= 4 is 11.6 Å². The lowest BCUT2D eigenvalue weighted by Crippen LogP contribution is -2.26. The van der Waals surface area contributed by atoms with Gasteiger partial charge in [0, 0.05) is 25.5 Å². The minimum absolute atomic E-state index is 0.180. The molecule has 0 fully saturated rings. The first-order chi connectivity index (χ1) is 10.6. The molecule has 0 bridgehead atoms. The number of rotatable bonds is 4. The average molecular weight is 301 g/mol. The van der Waals surface area contributed by atoms with E-state index in [0.29, 0.717) is 24.3 Å². The summed E-state index contributed by atoms with van der Waals surface area (Å²) >= 11 is 0. The lowest BCUT2D eigenvalue weighted by atomic mass is 10.2. The predicted octanol–water partition coefficient (Wildman–Crippen LogP) is 1.49. The van der Waals surface area contributed by atoms with Crippen LogP contribution in [0.5, 0.6) is 0 Å². The van der Waals surface area contributed by atoms with Crippen molar-refractivity contribution in [3.8, 4) is 0 Å². The molecule has 22 heavy (non-hydrogen) atoms. The van der Waals surface area contributed by atoms with Crippen LogP contribution in [0, 0.1) is 12.9 Å². The van der Waals surface area contributed by atoms with Gasteiger partial charge in [0.15, 0.2) is 5.69 Å². The Morgan fingerprint density at radius 1 is 1.41 bits per heavy atom. The average Bonchev–Trinajstić information content (AvgIpc) is 3.04. The number of hydrogen-bond donors (Lipinski definition) is 1. The number of carbonyl (C=O) groups is 1. The fourth-order valence-electron chi connectivity index (χ4n) is 2.36. The first-order valence-corrected chi connectivity index (χ1v) is 6.95. The largest absolute Gasteiger partial charge is 0.350 e. The molecule has 3 aromatic heterocycles. The SMILES string of the molecule is Cc1cccc2nc(C(=O)NCCc3cnn(C)c3)c(F)n12. The van der Waals surface area contributed by atoms with Crippen LogP contribution in [0.4, 0.5) is 4.39 Å². The smallest absolute Gasteiger partial charge is 0.274 e. The molecule has 1 amide bonds. The Kier molecular flexibility index (Phi) is 3.62. The first-order valence-electron chi connectivity index (χ1n) is 6.95. The summed E-state index contributed by atoms with van der Waals surface area (Å²) in [6, 6.07) is 5.21. The summed E-state index contributed by atoms with van der Waals surface area (Å²) in [7, 11) is 1.83. The summed E-state index contributed by atoms with van der Waals surface area (Å²) in [6.07, 6.45) is 4.25. The summed E-state index contributed by atoms with van der Waals surface area (Å²) in [4.78, 5) is 16.2. The lowest BCUT2D eigenvalue weighted by Gasteiger charge is -2.02. The summed E-state index contributed by atoms with van der Waals surface area (Å²) in [5.41, 5.74) is 1.95. The van der Waals surface area contributed by atoms with Gasteiger partial charge < -0.3 is 5.32 Å². The highest BCUT2D eigenvalue weighted by atomic mass is 19.1. The van der Waals surface area contributed by atoms with Crippen LogP contribution in [0.1, 0.15) is 21.7 Å². The molecule has 0 atom stereocenters. The summed E-state index contributed by atoms with van der Waals surface area (Å²) in [6.45, 7) is 2.17. The van der Waals surface area contributed by atoms with Crippen molar-refractivity contribution in [2.75, 3.05) is 6.54 Å². The molecule has 3 aromatic rings. The number of halogens is 1. The van der Waals surface area contributed by atoms with Crippen LogP contribution in [0.3, 0.4) is 0 Å². The molecule has 7 heteroatoms. The van der Waals surface area contributed by atoms with Crippen LogP contribution in [-0.2, 0) is 13.5 Å². The van der Waals surface area contributed by atoms with Gasteiger partial charge in [0.2, 0.25) is 5.95 Å². The van der Waals surface area contributed by atoms with Crippen molar-refractivity contribution in [3.05, 3.63) is 53.5 Å². The summed E-state index contributed by atoms with van der Waals surface area (Å²) < 4.78 is 17.3. The zero-order valence-corrected chi connectivity index (χ0v) is 12.4. The van der Waals surface area contributed by atoms with Gasteiger partial charge in [-0.15, -0.1) is 0 Å². The van der Waals surface area contributed by atoms with Gasteiger partial charge in [-0.05, 0) is 31.0 Å². The van der Waals surface area contributed by atoms with Crippen molar-refractivity contribution in [1.82, 2.24) is 24.5 Å². The molecule has 0 aliphatic carbocycles. The maximum atomic E-state index is 14.3. The van der Waals surface area contributed by atoms with Gasteiger partial charge in [-0.1, -0.05) is 6.07 Å². The van der Waals surface area contributed by atoms with Gasteiger partial charge in [-0.3, -0.25) is 13.9 Å². The van der Waals surface area contributed by atoms with E-state index < -0.39 is 11.9 Å². The maximum absolute atomic E-state index is 14.3. The molecule has 0 spiro atoms. The number of hydrogen-bond acceptors (Lipinski definition) is 3. The predicted molar refractivity (Wildman–Crippen MR) is 79.1 cm³/mol. The highest BCUT2D eigenvalue weighted by Gasteiger charge is 2.19. The number of carbonyl (C=O) groups excluding carboxylic acids is 1. The van der Waals surface area contributed by atoms with Crippen LogP contribution >= 0.6 is 0 Å². The quantitative estimate of drug-likeness (QED) is 0.794. The third kappa shape index (κ3) is 2.57. The number of fused-ring (bicyclic) bond motifs is 1. The Balaban J connectivity index is 1.72. The Morgan fingerprint density at radius 2 is 2.23 bits per heavy atom. The second-order valence-corrected chi connectivity index (χ2v) is 5.14. The molecule has 0 saturated heterocycles. The van der Waals surface area contributed by atoms with Crippen molar-refractivity contribution in [1.29, 1.82) is 0 Å². The summed E-state index contributed by atoms with van der Waals surface area (Å²) in [5, 5.41) is 6.74. The van der Waals surface area contributed by atoms with E-state index in [0.717, 1.165) is 5.56 Å². The lowest BCUT2D eigenvalue weighted by molar-refractivity contribution is 0.0945. The zero-order chi connectivity index (χ0) is 15.7. The zero-order valence-electron chi connectivity index (χ0n) is 12.4. The van der Waals surface area contributed by atoms with Gasteiger partial charge in [-0.2, -0.15) is 9.49 Å². The molecule has 0 radical (unpaired) electrons. The first kappa shape index (κ1) is 14.2. The maximum Gasteiger partial charge on any atom is 0.274 e. The molecule has 0 aromatic carbocycles. The van der Waals surface area contributed by atoms with Crippen molar-refractivity contribution < 1.29 is 9.18 Å². The van der Waals surface area contributed by atoms with Crippen molar-refractivity contribution in [3.63, 3.8) is 0 Å². The number of aromatic nitrogens is 4. The molecule has 3 heterocycles. The number of amides is 1. The Hall–Kier alpha value is -2.70. The van der Waals surface area contributed by atoms with E-state index in [-0.39, 0.29) is 5.69 Å². The number of aryl methyl sites for hydroxylation is 2. The number of nitrogens with zero attached hydrogens (tertiary/aromatic N) is 4. The minimum Gasteiger partial charge on any atom is -0.350 e. The van der Waals surface area contributed by atoms with Crippen LogP contribution in [0.15, 0.2) is 30.6 Å². The summed E-state index contributed by atoms with van der Waals surface area (Å²) in [5.74, 6) is -1.14. The highest BCUT2D eigenvalue weighted by molar-refractivity contribution is 5.93. The minimum atomic E-state index is -0.632. The van der Waals surface area contributed by atoms with E-state index in [1.165, 1.54) is 4.40 Å². The Bertz CT molecular complexity index is 836. The fourth-order valence-corrected chi connectivity index (χ4v) is 2.36. The van der Waals surface area contributed by atoms with Crippen molar-refractivity contribution in [2.45, 2.75) is 13.3 Å². The third-order valence-electron chi connectivity index (χ3n) is 3.46. The molecular weight excluding hydrogens is 285 g/mol. The van der Waals surface area contributed by atoms with Gasteiger partial charge in [0.1, 0.15) is 5.65 Å². The molecule has 6 nitrogen and oxygen atoms in total. The van der Waals surface area contributed by atoms with E-state index in [4.69, 9.17) is 0 Å². The van der Waals surface area contributed by atoms with E-state index in [1.807, 2.05) is 13.2 Å². The van der Waals surface area contributed by atoms with Crippen molar-refractivity contribution in [2.24, 2.45) is 7.05 Å². The molecular formula is C15H16FN5O. The van der Waals surface area contributed by atoms with E-state index in [9.17, 15) is 9.18 Å². The van der Waals surface area contributed by atoms with Crippen LogP contribution in [0.2, 0.25) is 0 Å². The number of pyridine rings is 1. The van der Waals surface area contributed by atoms with Crippen LogP contribution in [-0.4, -0.2) is 31.6 Å². The number of nitrogens with one attached hydrogen (secondary N) is 1. The monoisotopic (exact) mass is 301 g/mol. The molecule has 0 saturated carbocycles. The van der Waals surface area contributed by atoms with E-state index in [1.54, 1.807) is 36.0 Å². The molecule has 114 valence electrons.